The van der Waals surface area contributed by atoms with Crippen molar-refractivity contribution in [3.63, 3.8) is 0 Å². The highest BCUT2D eigenvalue weighted by molar-refractivity contribution is 5.62. The molecule has 2 aromatic rings. The first kappa shape index (κ1) is 9.77. The average Bonchev–Trinajstić information content (AvgIpc) is 2.17. The van der Waals surface area contributed by atoms with Crippen molar-refractivity contribution >= 4 is 0 Å². The van der Waals surface area contributed by atoms with Gasteiger partial charge in [0, 0.05) is 5.56 Å². The summed E-state index contributed by atoms with van der Waals surface area (Å²) in [6, 6.07) is 7.86. The van der Waals surface area contributed by atoms with E-state index >= 15 is 0 Å². The standard InChI is InChI=1S/C12H9F2O/c1-8-2-4-9(5-3-8)10-6-11(13)15-12(14)7-10/h2-7H,1H3/q+1. The van der Waals surface area contributed by atoms with E-state index in [0.29, 0.717) is 5.56 Å². The molecule has 0 fully saturated rings. The second-order valence-electron chi connectivity index (χ2n) is 3.32. The van der Waals surface area contributed by atoms with E-state index in [1.165, 1.54) is 0 Å². The highest BCUT2D eigenvalue weighted by atomic mass is 19.2. The summed E-state index contributed by atoms with van der Waals surface area (Å²) >= 11 is 0. The predicted molar refractivity (Wildman–Crippen MR) is 53.2 cm³/mol. The molecule has 0 spiro atoms. The lowest BCUT2D eigenvalue weighted by molar-refractivity contribution is 0.249. The number of halogens is 2. The summed E-state index contributed by atoms with van der Waals surface area (Å²) in [7, 11) is 0. The van der Waals surface area contributed by atoms with Gasteiger partial charge in [-0.1, -0.05) is 29.8 Å². The minimum absolute atomic E-state index is 0.469. The highest BCUT2D eigenvalue weighted by Crippen LogP contribution is 2.21. The van der Waals surface area contributed by atoms with Crippen molar-refractivity contribution in [2.24, 2.45) is 0 Å². The van der Waals surface area contributed by atoms with E-state index < -0.39 is 12.0 Å². The monoisotopic (exact) mass is 207 g/mol. The van der Waals surface area contributed by atoms with Gasteiger partial charge in [0.15, 0.2) is 0 Å². The first-order chi connectivity index (χ1) is 7.15. The largest absolute Gasteiger partial charge is 0.517 e. The van der Waals surface area contributed by atoms with Gasteiger partial charge in [0.2, 0.25) is 0 Å². The van der Waals surface area contributed by atoms with Gasteiger partial charge in [-0.15, -0.1) is 13.2 Å². The third kappa shape index (κ3) is 2.18. The maximum Gasteiger partial charge on any atom is 0.517 e. The lowest BCUT2D eigenvalue weighted by Gasteiger charge is -1.98. The van der Waals surface area contributed by atoms with Crippen LogP contribution in [-0.4, -0.2) is 0 Å². The first-order valence-electron chi connectivity index (χ1n) is 4.51. The Kier molecular flexibility index (Phi) is 2.46. The smallest absolute Gasteiger partial charge is 0.147 e. The summed E-state index contributed by atoms with van der Waals surface area (Å²) in [6.45, 7) is 1.95. The first-order valence-corrected chi connectivity index (χ1v) is 4.51. The number of hydrogen-bond acceptors (Lipinski definition) is 0. The van der Waals surface area contributed by atoms with E-state index in [2.05, 4.69) is 4.42 Å². The zero-order valence-corrected chi connectivity index (χ0v) is 8.13. The molecule has 0 aliphatic rings. The van der Waals surface area contributed by atoms with Crippen LogP contribution in [0.5, 0.6) is 0 Å². The van der Waals surface area contributed by atoms with Gasteiger partial charge in [-0.05, 0) is 12.5 Å². The Balaban J connectivity index is 2.49. The van der Waals surface area contributed by atoms with Crippen LogP contribution in [0, 0.1) is 19.0 Å². The second-order valence-corrected chi connectivity index (χ2v) is 3.32. The number of benzene rings is 1. The summed E-state index contributed by atoms with van der Waals surface area (Å²) in [5, 5.41) is 0. The van der Waals surface area contributed by atoms with E-state index in [1.807, 2.05) is 31.2 Å². The highest BCUT2D eigenvalue weighted by Gasteiger charge is 2.15. The van der Waals surface area contributed by atoms with Crippen molar-refractivity contribution in [3.05, 3.63) is 54.0 Å². The van der Waals surface area contributed by atoms with Crippen molar-refractivity contribution in [1.82, 2.24) is 0 Å². The summed E-state index contributed by atoms with van der Waals surface area (Å²) in [5.41, 5.74) is 2.32. The van der Waals surface area contributed by atoms with E-state index in [-0.39, 0.29) is 0 Å². The fraction of sp³-hybridized carbons (Fsp3) is 0.0833. The van der Waals surface area contributed by atoms with E-state index in [1.54, 1.807) is 0 Å². The third-order valence-corrected chi connectivity index (χ3v) is 2.12. The molecule has 0 aliphatic heterocycles. The fourth-order valence-corrected chi connectivity index (χ4v) is 1.35. The van der Waals surface area contributed by atoms with Crippen molar-refractivity contribution in [3.8, 4) is 11.1 Å². The van der Waals surface area contributed by atoms with E-state index in [0.717, 1.165) is 23.3 Å². The zero-order valence-electron chi connectivity index (χ0n) is 8.13. The van der Waals surface area contributed by atoms with Crippen molar-refractivity contribution < 1.29 is 13.2 Å². The van der Waals surface area contributed by atoms with E-state index in [9.17, 15) is 8.78 Å². The van der Waals surface area contributed by atoms with Gasteiger partial charge in [0.25, 0.3) is 0 Å². The molecule has 15 heavy (non-hydrogen) atoms. The Morgan fingerprint density at radius 3 is 1.93 bits per heavy atom. The molecule has 1 heterocycles. The molecule has 0 aliphatic carbocycles. The lowest BCUT2D eigenvalue weighted by atomic mass is 10.1. The maximum atomic E-state index is 12.8. The number of rotatable bonds is 1. The maximum absolute atomic E-state index is 12.8. The molecule has 1 aromatic carbocycles. The Hall–Kier alpha value is -1.77. The van der Waals surface area contributed by atoms with Crippen molar-refractivity contribution in [2.45, 2.75) is 6.92 Å². The van der Waals surface area contributed by atoms with Crippen LogP contribution in [0.4, 0.5) is 8.78 Å². The summed E-state index contributed by atoms with van der Waals surface area (Å²) in [6.07, 6.45) is 0. The van der Waals surface area contributed by atoms with Gasteiger partial charge in [-0.3, -0.25) is 0 Å². The molecular weight excluding hydrogens is 198 g/mol. The lowest BCUT2D eigenvalue weighted by Crippen LogP contribution is -1.84. The van der Waals surface area contributed by atoms with Crippen LogP contribution in [0.15, 0.2) is 40.8 Å². The molecule has 0 saturated carbocycles. The molecule has 1 nitrogen and oxygen atoms in total. The van der Waals surface area contributed by atoms with Crippen LogP contribution in [0.2, 0.25) is 0 Å². The average molecular weight is 207 g/mol. The molecule has 3 heteroatoms. The van der Waals surface area contributed by atoms with E-state index in [4.69, 9.17) is 0 Å². The third-order valence-electron chi connectivity index (χ3n) is 2.12. The minimum atomic E-state index is -0.925. The Morgan fingerprint density at radius 2 is 1.40 bits per heavy atom. The number of hydrogen-bond donors (Lipinski definition) is 0. The van der Waals surface area contributed by atoms with Crippen molar-refractivity contribution in [2.75, 3.05) is 0 Å². The quantitative estimate of drug-likeness (QED) is 0.647. The van der Waals surface area contributed by atoms with Crippen LogP contribution < -0.4 is 0 Å². The molecule has 0 bridgehead atoms. The van der Waals surface area contributed by atoms with Crippen LogP contribution in [0.1, 0.15) is 5.56 Å². The Labute approximate surface area is 86.0 Å². The molecular formula is C12H9F2O+. The van der Waals surface area contributed by atoms with Gasteiger partial charge in [-0.2, -0.15) is 0 Å². The topological polar surface area (TPSA) is 11.3 Å². The molecule has 76 valence electrons. The molecule has 0 radical (unpaired) electrons. The van der Waals surface area contributed by atoms with Crippen molar-refractivity contribution in [1.29, 1.82) is 0 Å². The molecule has 0 atom stereocenters. The van der Waals surface area contributed by atoms with Gasteiger partial charge in [0.1, 0.15) is 0 Å². The number of aryl methyl sites for hydroxylation is 1. The summed E-state index contributed by atoms with van der Waals surface area (Å²) in [4.78, 5) is 0. The van der Waals surface area contributed by atoms with Crippen LogP contribution >= 0.6 is 0 Å². The molecule has 0 unspecified atom stereocenters. The Morgan fingerprint density at radius 1 is 0.867 bits per heavy atom. The predicted octanol–water partition coefficient (Wildman–Crippen LogP) is 3.81. The van der Waals surface area contributed by atoms with Gasteiger partial charge < -0.3 is 0 Å². The van der Waals surface area contributed by atoms with Crippen LogP contribution in [0.3, 0.4) is 0 Å². The Bertz CT molecular complexity index is 457. The second kappa shape index (κ2) is 3.77. The normalized spacial score (nSPS) is 10.3. The van der Waals surface area contributed by atoms with Gasteiger partial charge >= 0.3 is 12.0 Å². The zero-order chi connectivity index (χ0) is 10.8. The molecule has 2 rings (SSSR count). The summed E-state index contributed by atoms with van der Waals surface area (Å²) in [5.74, 6) is 0. The van der Waals surface area contributed by atoms with Crippen LogP contribution in [-0.2, 0) is 0 Å². The summed E-state index contributed by atoms with van der Waals surface area (Å²) < 4.78 is 29.7. The van der Waals surface area contributed by atoms with Gasteiger partial charge in [-0.25, -0.2) is 0 Å². The molecule has 0 N–H and O–H groups in total. The molecule has 1 aromatic heterocycles. The molecule has 0 saturated heterocycles. The minimum Gasteiger partial charge on any atom is -0.147 e. The fourth-order valence-electron chi connectivity index (χ4n) is 1.35. The molecule has 0 amide bonds. The SMILES string of the molecule is Cc1ccc(-c2cc(F)[o+]c(F)c2)cc1. The van der Waals surface area contributed by atoms with Gasteiger partial charge in [0.05, 0.1) is 12.1 Å². The van der Waals surface area contributed by atoms with Crippen LogP contribution in [0.25, 0.3) is 11.1 Å².